The summed E-state index contributed by atoms with van der Waals surface area (Å²) < 4.78 is 11.4. The molecule has 1 fully saturated rings. The van der Waals surface area contributed by atoms with Gasteiger partial charge in [-0.05, 0) is 46.8 Å². The summed E-state index contributed by atoms with van der Waals surface area (Å²) in [7, 11) is 0. The maximum absolute atomic E-state index is 5.96. The maximum Gasteiger partial charge on any atom is 0.239 e. The molecule has 0 aromatic carbocycles. The SMILES string of the molecule is CC(C)(C)Oc1nc(N2CCOCC2(C)C)ccc1N. The number of rotatable bonds is 2. The van der Waals surface area contributed by atoms with E-state index in [0.29, 0.717) is 24.8 Å². The van der Waals surface area contributed by atoms with Crippen molar-refractivity contribution >= 4 is 11.5 Å². The molecule has 1 aliphatic heterocycles. The minimum absolute atomic E-state index is 0.0830. The molecule has 0 unspecified atom stereocenters. The van der Waals surface area contributed by atoms with Gasteiger partial charge >= 0.3 is 0 Å². The van der Waals surface area contributed by atoms with Gasteiger partial charge in [-0.2, -0.15) is 4.98 Å². The fourth-order valence-electron chi connectivity index (χ4n) is 2.25. The third-order valence-electron chi connectivity index (χ3n) is 3.20. The Kier molecular flexibility index (Phi) is 3.82. The van der Waals surface area contributed by atoms with Gasteiger partial charge < -0.3 is 20.1 Å². The number of anilines is 2. The molecule has 1 aliphatic rings. The van der Waals surface area contributed by atoms with E-state index in [1.165, 1.54) is 0 Å². The van der Waals surface area contributed by atoms with E-state index in [9.17, 15) is 0 Å². The van der Waals surface area contributed by atoms with Crippen LogP contribution < -0.4 is 15.4 Å². The van der Waals surface area contributed by atoms with Gasteiger partial charge in [-0.3, -0.25) is 0 Å². The summed E-state index contributed by atoms with van der Waals surface area (Å²) >= 11 is 0. The summed E-state index contributed by atoms with van der Waals surface area (Å²) in [6, 6.07) is 3.80. The molecular weight excluding hydrogens is 254 g/mol. The second-order valence-corrected chi connectivity index (χ2v) is 6.79. The highest BCUT2D eigenvalue weighted by atomic mass is 16.5. The van der Waals surface area contributed by atoms with Crippen LogP contribution in [0.5, 0.6) is 5.88 Å². The van der Waals surface area contributed by atoms with Crippen molar-refractivity contribution in [3.8, 4) is 5.88 Å². The number of ether oxygens (including phenoxy) is 2. The molecule has 5 nitrogen and oxygen atoms in total. The van der Waals surface area contributed by atoms with Crippen molar-refractivity contribution in [2.75, 3.05) is 30.4 Å². The van der Waals surface area contributed by atoms with Crippen LogP contribution in [0.4, 0.5) is 11.5 Å². The minimum Gasteiger partial charge on any atom is -0.470 e. The van der Waals surface area contributed by atoms with E-state index < -0.39 is 0 Å². The van der Waals surface area contributed by atoms with Crippen molar-refractivity contribution < 1.29 is 9.47 Å². The molecule has 1 saturated heterocycles. The minimum atomic E-state index is -0.319. The highest BCUT2D eigenvalue weighted by molar-refractivity contribution is 5.55. The van der Waals surface area contributed by atoms with E-state index in [1.54, 1.807) is 0 Å². The zero-order valence-electron chi connectivity index (χ0n) is 13.1. The van der Waals surface area contributed by atoms with Gasteiger partial charge in [0.05, 0.1) is 24.4 Å². The van der Waals surface area contributed by atoms with Gasteiger partial charge in [-0.1, -0.05) is 0 Å². The van der Waals surface area contributed by atoms with E-state index in [0.717, 1.165) is 12.4 Å². The fourth-order valence-corrected chi connectivity index (χ4v) is 2.25. The van der Waals surface area contributed by atoms with E-state index in [4.69, 9.17) is 15.2 Å². The first-order chi connectivity index (χ1) is 9.19. The lowest BCUT2D eigenvalue weighted by Gasteiger charge is -2.43. The number of nitrogens with zero attached hydrogens (tertiary/aromatic N) is 2. The van der Waals surface area contributed by atoms with E-state index in [2.05, 4.69) is 23.7 Å². The van der Waals surface area contributed by atoms with Crippen molar-refractivity contribution in [1.82, 2.24) is 4.98 Å². The van der Waals surface area contributed by atoms with Crippen LogP contribution in [0.1, 0.15) is 34.6 Å². The largest absolute Gasteiger partial charge is 0.470 e. The molecule has 112 valence electrons. The van der Waals surface area contributed by atoms with Crippen LogP contribution in [0.15, 0.2) is 12.1 Å². The molecule has 1 aromatic rings. The Morgan fingerprint density at radius 1 is 1.35 bits per heavy atom. The van der Waals surface area contributed by atoms with Gasteiger partial charge in [-0.15, -0.1) is 0 Å². The lowest BCUT2D eigenvalue weighted by atomic mass is 10.0. The Labute approximate surface area is 121 Å². The van der Waals surface area contributed by atoms with Crippen LogP contribution in [-0.4, -0.2) is 35.9 Å². The van der Waals surface area contributed by atoms with Crippen molar-refractivity contribution in [3.05, 3.63) is 12.1 Å². The van der Waals surface area contributed by atoms with Crippen LogP contribution >= 0.6 is 0 Å². The Morgan fingerprint density at radius 3 is 2.65 bits per heavy atom. The molecule has 20 heavy (non-hydrogen) atoms. The number of nitrogen functional groups attached to an aromatic ring is 1. The number of hydrogen-bond acceptors (Lipinski definition) is 5. The third-order valence-corrected chi connectivity index (χ3v) is 3.20. The molecule has 0 amide bonds. The first-order valence-corrected chi connectivity index (χ1v) is 7.00. The number of hydrogen-bond donors (Lipinski definition) is 1. The normalized spacial score (nSPS) is 18.9. The molecule has 2 rings (SSSR count). The number of morpholine rings is 1. The second-order valence-electron chi connectivity index (χ2n) is 6.79. The Morgan fingerprint density at radius 2 is 2.05 bits per heavy atom. The molecule has 0 radical (unpaired) electrons. The van der Waals surface area contributed by atoms with Crippen LogP contribution in [0.25, 0.3) is 0 Å². The summed E-state index contributed by atoms with van der Waals surface area (Å²) in [6.07, 6.45) is 0. The smallest absolute Gasteiger partial charge is 0.239 e. The van der Waals surface area contributed by atoms with Gasteiger partial charge in [0.2, 0.25) is 5.88 Å². The summed E-state index contributed by atoms with van der Waals surface area (Å²) in [5.41, 5.74) is 6.13. The predicted molar refractivity (Wildman–Crippen MR) is 81.3 cm³/mol. The standard InChI is InChI=1S/C15H25N3O2/c1-14(2,3)20-13-11(16)6-7-12(17-13)18-8-9-19-10-15(18,4)5/h6-7H,8-10,16H2,1-5H3. The Bertz CT molecular complexity index is 480. The summed E-state index contributed by atoms with van der Waals surface area (Å²) in [4.78, 5) is 6.84. The van der Waals surface area contributed by atoms with Crippen LogP contribution in [-0.2, 0) is 4.74 Å². The monoisotopic (exact) mass is 279 g/mol. The van der Waals surface area contributed by atoms with Gasteiger partial charge in [0.1, 0.15) is 11.4 Å². The average Bonchev–Trinajstić information content (AvgIpc) is 2.30. The summed E-state index contributed by atoms with van der Waals surface area (Å²) in [6.45, 7) is 12.5. The van der Waals surface area contributed by atoms with Crippen LogP contribution in [0.2, 0.25) is 0 Å². The molecule has 0 spiro atoms. The quantitative estimate of drug-likeness (QED) is 0.901. The zero-order valence-corrected chi connectivity index (χ0v) is 13.1. The molecule has 0 atom stereocenters. The van der Waals surface area contributed by atoms with Gasteiger partial charge in [-0.25, -0.2) is 0 Å². The molecule has 0 aliphatic carbocycles. The first-order valence-electron chi connectivity index (χ1n) is 7.00. The number of aromatic nitrogens is 1. The lowest BCUT2D eigenvalue weighted by Crippen LogP contribution is -2.53. The molecule has 1 aromatic heterocycles. The Balaban J connectivity index is 2.31. The molecule has 2 N–H and O–H groups in total. The third kappa shape index (κ3) is 3.33. The van der Waals surface area contributed by atoms with E-state index in [1.807, 2.05) is 32.9 Å². The predicted octanol–water partition coefficient (Wildman–Crippen LogP) is 2.46. The average molecular weight is 279 g/mol. The fraction of sp³-hybridized carbons (Fsp3) is 0.667. The highest BCUT2D eigenvalue weighted by Gasteiger charge is 2.32. The van der Waals surface area contributed by atoms with Crippen molar-refractivity contribution in [3.63, 3.8) is 0 Å². The lowest BCUT2D eigenvalue weighted by molar-refractivity contribution is 0.0636. The molecule has 0 bridgehead atoms. The zero-order chi connectivity index (χ0) is 15.0. The molecule has 2 heterocycles. The van der Waals surface area contributed by atoms with Crippen molar-refractivity contribution in [2.24, 2.45) is 0 Å². The van der Waals surface area contributed by atoms with Crippen LogP contribution in [0, 0.1) is 0 Å². The van der Waals surface area contributed by atoms with Crippen molar-refractivity contribution in [1.29, 1.82) is 0 Å². The van der Waals surface area contributed by atoms with E-state index >= 15 is 0 Å². The Hall–Kier alpha value is -1.49. The van der Waals surface area contributed by atoms with Gasteiger partial charge in [0.15, 0.2) is 0 Å². The number of pyridine rings is 1. The van der Waals surface area contributed by atoms with Gasteiger partial charge in [0, 0.05) is 6.54 Å². The highest BCUT2D eigenvalue weighted by Crippen LogP contribution is 2.30. The van der Waals surface area contributed by atoms with E-state index in [-0.39, 0.29) is 11.1 Å². The topological polar surface area (TPSA) is 60.6 Å². The molecule has 5 heteroatoms. The maximum atomic E-state index is 5.96. The summed E-state index contributed by atoms with van der Waals surface area (Å²) in [5, 5.41) is 0. The molecular formula is C15H25N3O2. The van der Waals surface area contributed by atoms with Crippen molar-refractivity contribution in [2.45, 2.75) is 45.8 Å². The van der Waals surface area contributed by atoms with Crippen LogP contribution in [0.3, 0.4) is 0 Å². The first kappa shape index (κ1) is 14.9. The summed E-state index contributed by atoms with van der Waals surface area (Å²) in [5.74, 6) is 1.38. The van der Waals surface area contributed by atoms with Gasteiger partial charge in [0.25, 0.3) is 0 Å². The second kappa shape index (κ2) is 5.13. The number of nitrogens with two attached hydrogens (primary N) is 1. The molecule has 0 saturated carbocycles.